The first-order valence-electron chi connectivity index (χ1n) is 9.20. The predicted octanol–water partition coefficient (Wildman–Crippen LogP) is 3.19. The summed E-state index contributed by atoms with van der Waals surface area (Å²) in [5.74, 6) is -0.904. The van der Waals surface area contributed by atoms with E-state index in [2.05, 4.69) is 20.9 Å². The van der Waals surface area contributed by atoms with Crippen molar-refractivity contribution in [3.63, 3.8) is 0 Å². The van der Waals surface area contributed by atoms with E-state index in [-0.39, 0.29) is 10.6 Å². The number of amides is 3. The summed E-state index contributed by atoms with van der Waals surface area (Å²) in [6.45, 7) is 0. The number of carbonyl (C=O) groups excluding carboxylic acids is 2. The van der Waals surface area contributed by atoms with Crippen molar-refractivity contribution in [2.45, 2.75) is 4.90 Å². The fourth-order valence-electron chi connectivity index (χ4n) is 3.01. The molecule has 1 heterocycles. The van der Waals surface area contributed by atoms with Crippen LogP contribution >= 0.6 is 0 Å². The van der Waals surface area contributed by atoms with Crippen molar-refractivity contribution in [3.8, 4) is 0 Å². The van der Waals surface area contributed by atoms with E-state index in [1.165, 1.54) is 42.5 Å². The Morgan fingerprint density at radius 3 is 2.12 bits per heavy atom. The van der Waals surface area contributed by atoms with Crippen LogP contribution in [0.3, 0.4) is 0 Å². The zero-order chi connectivity index (χ0) is 22.9. The number of urea groups is 1. The number of carbonyl (C=O) groups is 2. The molecule has 0 unspecified atom stereocenters. The Bertz CT molecular complexity index is 1350. The highest BCUT2D eigenvalue weighted by Crippen LogP contribution is 2.27. The molecule has 3 aromatic carbocycles. The molecule has 0 saturated carbocycles. The molecule has 32 heavy (non-hydrogen) atoms. The van der Waals surface area contributed by atoms with Gasteiger partial charge < -0.3 is 16.0 Å². The lowest BCUT2D eigenvalue weighted by Gasteiger charge is -2.08. The molecule has 0 bridgehead atoms. The van der Waals surface area contributed by atoms with Gasteiger partial charge in [-0.1, -0.05) is 0 Å². The van der Waals surface area contributed by atoms with Gasteiger partial charge in [0.2, 0.25) is 10.0 Å². The Balaban J connectivity index is 1.43. The van der Waals surface area contributed by atoms with Crippen LogP contribution in [-0.4, -0.2) is 26.1 Å². The average molecular weight is 453 g/mol. The molecule has 5 N–H and O–H groups in total. The number of aliphatic imine (C=N–C) groups is 1. The van der Waals surface area contributed by atoms with Crippen molar-refractivity contribution < 1.29 is 22.4 Å². The second-order valence-electron chi connectivity index (χ2n) is 6.80. The molecule has 0 saturated heterocycles. The van der Waals surface area contributed by atoms with Crippen molar-refractivity contribution in [1.29, 1.82) is 0 Å². The number of anilines is 3. The summed E-state index contributed by atoms with van der Waals surface area (Å²) in [7, 11) is -3.81. The van der Waals surface area contributed by atoms with Crippen LogP contribution in [-0.2, 0) is 14.8 Å². The molecule has 9 nitrogen and oxygen atoms in total. The highest BCUT2D eigenvalue weighted by molar-refractivity contribution is 7.89. The van der Waals surface area contributed by atoms with Crippen molar-refractivity contribution in [3.05, 3.63) is 78.1 Å². The lowest BCUT2D eigenvalue weighted by Crippen LogP contribution is -2.19. The quantitative estimate of drug-likeness (QED) is 0.481. The lowest BCUT2D eigenvalue weighted by molar-refractivity contribution is -0.110. The van der Waals surface area contributed by atoms with Gasteiger partial charge in [-0.25, -0.2) is 27.7 Å². The van der Waals surface area contributed by atoms with Gasteiger partial charge in [-0.15, -0.1) is 0 Å². The van der Waals surface area contributed by atoms with Crippen molar-refractivity contribution in [2.75, 3.05) is 16.0 Å². The number of nitrogens with two attached hydrogens (primary N) is 1. The van der Waals surface area contributed by atoms with Crippen LogP contribution < -0.4 is 21.1 Å². The van der Waals surface area contributed by atoms with Gasteiger partial charge in [0, 0.05) is 16.9 Å². The fraction of sp³-hybridized carbons (Fsp3) is 0. The van der Waals surface area contributed by atoms with E-state index in [0.29, 0.717) is 28.3 Å². The highest BCUT2D eigenvalue weighted by atomic mass is 32.2. The minimum Gasteiger partial charge on any atom is -0.320 e. The van der Waals surface area contributed by atoms with Gasteiger partial charge in [-0.2, -0.15) is 0 Å². The minimum absolute atomic E-state index is 0.0676. The molecule has 0 fully saturated rings. The molecule has 3 aromatic rings. The molecule has 0 atom stereocenters. The van der Waals surface area contributed by atoms with E-state index in [1.54, 1.807) is 24.3 Å². The Morgan fingerprint density at radius 2 is 1.53 bits per heavy atom. The predicted molar refractivity (Wildman–Crippen MR) is 118 cm³/mol. The van der Waals surface area contributed by atoms with Gasteiger partial charge >= 0.3 is 6.03 Å². The van der Waals surface area contributed by atoms with E-state index in [1.807, 2.05) is 0 Å². The van der Waals surface area contributed by atoms with Crippen LogP contribution in [0.4, 0.5) is 31.9 Å². The van der Waals surface area contributed by atoms with Crippen LogP contribution in [0.5, 0.6) is 0 Å². The summed E-state index contributed by atoms with van der Waals surface area (Å²) in [4.78, 5) is 28.5. The molecule has 3 amide bonds. The molecule has 4 rings (SSSR count). The topological polar surface area (TPSA) is 143 Å². The number of primary sulfonamides is 1. The number of hydrogen-bond acceptors (Lipinski definition) is 5. The normalized spacial score (nSPS) is 14.1. The standard InChI is InChI=1S/C21H16FN5O4S/c22-12-1-10-18-17(11-12)19(20(28)27-18)24-13-2-4-14(5-3-13)25-21(29)26-15-6-8-16(9-7-15)32(23,30)31/h1-11H,(H2,23,30,31)(H,24,27,28)(H2,25,26,29). The Labute approximate surface area is 182 Å². The number of sulfonamides is 1. The van der Waals surface area contributed by atoms with E-state index >= 15 is 0 Å². The second-order valence-corrected chi connectivity index (χ2v) is 8.36. The number of nitrogens with zero attached hydrogens (tertiary/aromatic N) is 1. The van der Waals surface area contributed by atoms with Gasteiger partial charge in [0.05, 0.1) is 16.3 Å². The summed E-state index contributed by atoms with van der Waals surface area (Å²) < 4.78 is 36.1. The number of hydrogen-bond donors (Lipinski definition) is 4. The second kappa shape index (κ2) is 8.21. The van der Waals surface area contributed by atoms with Gasteiger partial charge in [-0.05, 0) is 66.7 Å². The van der Waals surface area contributed by atoms with Crippen LogP contribution in [0.25, 0.3) is 0 Å². The average Bonchev–Trinajstić information content (AvgIpc) is 3.03. The van der Waals surface area contributed by atoms with E-state index < -0.39 is 27.8 Å². The van der Waals surface area contributed by atoms with E-state index in [4.69, 9.17) is 5.14 Å². The third kappa shape index (κ3) is 4.63. The Morgan fingerprint density at radius 1 is 0.938 bits per heavy atom. The monoisotopic (exact) mass is 453 g/mol. The van der Waals surface area contributed by atoms with Crippen molar-refractivity contribution in [1.82, 2.24) is 0 Å². The summed E-state index contributed by atoms with van der Waals surface area (Å²) in [5.41, 5.74) is 2.23. The number of nitrogens with one attached hydrogen (secondary N) is 3. The highest BCUT2D eigenvalue weighted by Gasteiger charge is 2.26. The number of rotatable bonds is 4. The molecule has 1 aliphatic heterocycles. The minimum atomic E-state index is -3.81. The van der Waals surface area contributed by atoms with Gasteiger partial charge in [0.1, 0.15) is 11.5 Å². The molecule has 0 radical (unpaired) electrons. The molecule has 162 valence electrons. The summed E-state index contributed by atoms with van der Waals surface area (Å²) in [6.07, 6.45) is 0. The van der Waals surface area contributed by atoms with E-state index in [9.17, 15) is 22.4 Å². The molecule has 0 aliphatic carbocycles. The number of fused-ring (bicyclic) bond motifs is 1. The number of benzene rings is 3. The van der Waals surface area contributed by atoms with Crippen molar-refractivity contribution >= 4 is 50.4 Å². The zero-order valence-corrected chi connectivity index (χ0v) is 17.1. The molecule has 0 spiro atoms. The molecule has 0 aromatic heterocycles. The Hall–Kier alpha value is -4.09. The first-order chi connectivity index (χ1) is 15.2. The fourth-order valence-corrected chi connectivity index (χ4v) is 3.52. The summed E-state index contributed by atoms with van der Waals surface area (Å²) in [6, 6.07) is 15.1. The molecule has 11 heteroatoms. The summed E-state index contributed by atoms with van der Waals surface area (Å²) in [5, 5.41) is 12.8. The first-order valence-corrected chi connectivity index (χ1v) is 10.7. The third-order valence-electron chi connectivity index (χ3n) is 4.51. The maximum atomic E-state index is 13.5. The SMILES string of the molecule is NS(=O)(=O)c1ccc(NC(=O)Nc2ccc(N=C3C(=O)Nc4ccc(F)cc43)cc2)cc1. The third-order valence-corrected chi connectivity index (χ3v) is 5.44. The molecular formula is C21H16FN5O4S. The van der Waals surface area contributed by atoms with Crippen LogP contribution in [0.2, 0.25) is 0 Å². The van der Waals surface area contributed by atoms with E-state index in [0.717, 1.165) is 0 Å². The Kier molecular flexibility index (Phi) is 5.43. The van der Waals surface area contributed by atoms with Gasteiger partial charge in [-0.3, -0.25) is 4.79 Å². The van der Waals surface area contributed by atoms with Crippen LogP contribution in [0.1, 0.15) is 5.56 Å². The molecular weight excluding hydrogens is 437 g/mol. The molecule has 1 aliphatic rings. The maximum absolute atomic E-state index is 13.5. The zero-order valence-electron chi connectivity index (χ0n) is 16.3. The largest absolute Gasteiger partial charge is 0.323 e. The van der Waals surface area contributed by atoms with Crippen molar-refractivity contribution in [2.24, 2.45) is 10.1 Å². The van der Waals surface area contributed by atoms with Gasteiger partial charge in [0.25, 0.3) is 5.91 Å². The first kappa shape index (κ1) is 21.2. The smallest absolute Gasteiger partial charge is 0.320 e. The van der Waals surface area contributed by atoms with Gasteiger partial charge in [0.15, 0.2) is 0 Å². The lowest BCUT2D eigenvalue weighted by atomic mass is 10.1. The van der Waals surface area contributed by atoms with Crippen LogP contribution in [0, 0.1) is 5.82 Å². The summed E-state index contributed by atoms with van der Waals surface area (Å²) >= 11 is 0. The van der Waals surface area contributed by atoms with Crippen LogP contribution in [0.15, 0.2) is 76.6 Å². The number of halogens is 1. The maximum Gasteiger partial charge on any atom is 0.323 e.